The number of ether oxygens (including phenoxy) is 1. The molecule has 0 bridgehead atoms. The van der Waals surface area contributed by atoms with E-state index < -0.39 is 5.24 Å². The Hall–Kier alpha value is 0.400. The minimum Gasteiger partial charge on any atom is -0.383 e. The number of hydrogen-bond donors (Lipinski definition) is 0. The smallest absolute Gasteiger partial charge is 0.237 e. The molecule has 0 aromatic carbocycles. The Labute approximate surface area is 61.3 Å². The highest BCUT2D eigenvalue weighted by Gasteiger charge is 2.09. The maximum atomic E-state index is 10.2. The van der Waals surface area contributed by atoms with E-state index >= 15 is 0 Å². The lowest BCUT2D eigenvalue weighted by Crippen LogP contribution is -2.13. The molecule has 0 N–H and O–H groups in total. The van der Waals surface area contributed by atoms with Crippen LogP contribution in [0.2, 0.25) is 0 Å². The Balaban J connectivity index is 3.32. The summed E-state index contributed by atoms with van der Waals surface area (Å²) < 4.78 is 4.61. The molecule has 0 aromatic heterocycles. The molecule has 0 saturated heterocycles. The quantitative estimate of drug-likeness (QED) is 0.506. The highest BCUT2D eigenvalue weighted by molar-refractivity contribution is 9.10. The molecule has 1 atom stereocenters. The average molecular weight is 201 g/mol. The van der Waals surface area contributed by atoms with Crippen molar-refractivity contribution < 1.29 is 9.53 Å². The number of carbonyl (C=O) groups excluding carboxylic acids is 1. The van der Waals surface area contributed by atoms with Crippen molar-refractivity contribution in [3.05, 3.63) is 0 Å². The minimum atomic E-state index is -0.424. The first-order valence-corrected chi connectivity index (χ1v) is 3.30. The maximum absolute atomic E-state index is 10.2. The molecule has 0 aliphatic carbocycles. The summed E-state index contributed by atoms with van der Waals surface area (Å²) in [7, 11) is 1.51. The van der Waals surface area contributed by atoms with Crippen molar-refractivity contribution in [3.8, 4) is 0 Å². The van der Waals surface area contributed by atoms with E-state index in [0.29, 0.717) is 6.61 Å². The van der Waals surface area contributed by atoms with Gasteiger partial charge in [-0.3, -0.25) is 4.79 Å². The average Bonchev–Trinajstić information content (AvgIpc) is 1.67. The van der Waals surface area contributed by atoms with Gasteiger partial charge in [-0.1, -0.05) is 15.9 Å². The SMILES string of the molecule is COCC(Br)C(=O)Cl. The zero-order valence-corrected chi connectivity index (χ0v) is 6.70. The largest absolute Gasteiger partial charge is 0.383 e. The van der Waals surface area contributed by atoms with Crippen molar-refractivity contribution in [2.75, 3.05) is 13.7 Å². The molecule has 0 saturated carbocycles. The predicted molar refractivity (Wildman–Crippen MR) is 35.5 cm³/mol. The van der Waals surface area contributed by atoms with Gasteiger partial charge < -0.3 is 4.74 Å². The summed E-state index contributed by atoms with van der Waals surface area (Å²) in [5.41, 5.74) is 0. The van der Waals surface area contributed by atoms with Gasteiger partial charge in [-0.15, -0.1) is 0 Å². The summed E-state index contributed by atoms with van der Waals surface area (Å²) in [5.74, 6) is 0. The first kappa shape index (κ1) is 8.40. The van der Waals surface area contributed by atoms with E-state index in [1.165, 1.54) is 7.11 Å². The van der Waals surface area contributed by atoms with Gasteiger partial charge in [0, 0.05) is 7.11 Å². The highest BCUT2D eigenvalue weighted by atomic mass is 79.9. The van der Waals surface area contributed by atoms with Crippen LogP contribution < -0.4 is 0 Å². The Bertz CT molecular complexity index is 86.1. The van der Waals surface area contributed by atoms with Crippen LogP contribution in [0, 0.1) is 0 Å². The van der Waals surface area contributed by atoms with Gasteiger partial charge in [-0.25, -0.2) is 0 Å². The van der Waals surface area contributed by atoms with E-state index in [0.717, 1.165) is 0 Å². The molecule has 48 valence electrons. The van der Waals surface area contributed by atoms with Gasteiger partial charge in [-0.2, -0.15) is 0 Å². The third kappa shape index (κ3) is 3.41. The first-order valence-electron chi connectivity index (χ1n) is 2.01. The lowest BCUT2D eigenvalue weighted by Gasteiger charge is -1.99. The number of halogens is 2. The highest BCUT2D eigenvalue weighted by Crippen LogP contribution is 2.03. The Morgan fingerprint density at radius 3 is 2.62 bits per heavy atom. The van der Waals surface area contributed by atoms with Crippen LogP contribution in [0.3, 0.4) is 0 Å². The minimum absolute atomic E-state index is 0.322. The third-order valence-corrected chi connectivity index (χ3v) is 1.77. The molecule has 0 fully saturated rings. The van der Waals surface area contributed by atoms with Gasteiger partial charge in [0.25, 0.3) is 0 Å². The second kappa shape index (κ2) is 4.30. The Morgan fingerprint density at radius 1 is 2.00 bits per heavy atom. The van der Waals surface area contributed by atoms with Crippen molar-refractivity contribution in [3.63, 3.8) is 0 Å². The van der Waals surface area contributed by atoms with Gasteiger partial charge in [0.2, 0.25) is 5.24 Å². The molecule has 2 nitrogen and oxygen atoms in total. The van der Waals surface area contributed by atoms with Crippen LogP contribution in [0.25, 0.3) is 0 Å². The Morgan fingerprint density at radius 2 is 2.50 bits per heavy atom. The molecular formula is C4H6BrClO2. The van der Waals surface area contributed by atoms with E-state index in [-0.39, 0.29) is 4.83 Å². The molecule has 0 aromatic rings. The van der Waals surface area contributed by atoms with Crippen LogP contribution in [0.5, 0.6) is 0 Å². The zero-order chi connectivity index (χ0) is 6.57. The topological polar surface area (TPSA) is 26.3 Å². The molecule has 0 aliphatic rings. The monoisotopic (exact) mass is 200 g/mol. The summed E-state index contributed by atoms with van der Waals surface area (Å²) in [6.45, 7) is 0.322. The molecule has 4 heteroatoms. The number of carbonyl (C=O) groups is 1. The van der Waals surface area contributed by atoms with Gasteiger partial charge in [0.1, 0.15) is 4.83 Å². The van der Waals surface area contributed by atoms with Crippen LogP contribution in [-0.4, -0.2) is 23.8 Å². The van der Waals surface area contributed by atoms with Crippen molar-refractivity contribution in [1.29, 1.82) is 0 Å². The molecule has 0 spiro atoms. The molecule has 0 radical (unpaired) electrons. The second-order valence-corrected chi connectivity index (χ2v) is 2.70. The summed E-state index contributed by atoms with van der Waals surface area (Å²) in [6, 6.07) is 0. The lowest BCUT2D eigenvalue weighted by atomic mass is 10.5. The number of alkyl halides is 1. The number of methoxy groups -OCH3 is 1. The van der Waals surface area contributed by atoms with E-state index in [2.05, 4.69) is 20.7 Å². The van der Waals surface area contributed by atoms with E-state index in [4.69, 9.17) is 11.6 Å². The van der Waals surface area contributed by atoms with Crippen LogP contribution in [0.15, 0.2) is 0 Å². The molecule has 1 unspecified atom stereocenters. The van der Waals surface area contributed by atoms with E-state index in [9.17, 15) is 4.79 Å². The molecular weight excluding hydrogens is 195 g/mol. The van der Waals surface area contributed by atoms with Crippen LogP contribution in [-0.2, 0) is 9.53 Å². The van der Waals surface area contributed by atoms with Crippen molar-refractivity contribution in [2.45, 2.75) is 4.83 Å². The van der Waals surface area contributed by atoms with Crippen molar-refractivity contribution >= 4 is 32.8 Å². The van der Waals surface area contributed by atoms with Crippen molar-refractivity contribution in [1.82, 2.24) is 0 Å². The number of hydrogen-bond acceptors (Lipinski definition) is 2. The Kier molecular flexibility index (Phi) is 4.51. The maximum Gasteiger partial charge on any atom is 0.237 e. The van der Waals surface area contributed by atoms with Crippen LogP contribution >= 0.6 is 27.5 Å². The number of rotatable bonds is 3. The van der Waals surface area contributed by atoms with Gasteiger partial charge in [0.15, 0.2) is 0 Å². The fraction of sp³-hybridized carbons (Fsp3) is 0.750. The van der Waals surface area contributed by atoms with Gasteiger partial charge >= 0.3 is 0 Å². The third-order valence-electron chi connectivity index (χ3n) is 0.559. The fourth-order valence-corrected chi connectivity index (χ4v) is 0.539. The molecule has 8 heavy (non-hydrogen) atoms. The fourth-order valence-electron chi connectivity index (χ4n) is 0.212. The second-order valence-electron chi connectivity index (χ2n) is 1.23. The normalized spacial score (nSPS) is 13.4. The summed E-state index contributed by atoms with van der Waals surface area (Å²) >= 11 is 8.04. The lowest BCUT2D eigenvalue weighted by molar-refractivity contribution is -0.111. The van der Waals surface area contributed by atoms with E-state index in [1.54, 1.807) is 0 Å². The standard InChI is InChI=1S/C4H6BrClO2/c1-8-2-3(5)4(6)7/h3H,2H2,1H3. The van der Waals surface area contributed by atoms with E-state index in [1.807, 2.05) is 0 Å². The van der Waals surface area contributed by atoms with Crippen LogP contribution in [0.1, 0.15) is 0 Å². The summed E-state index contributed by atoms with van der Waals surface area (Å²) in [4.78, 5) is 9.81. The molecule has 0 heterocycles. The van der Waals surface area contributed by atoms with Gasteiger partial charge in [-0.05, 0) is 11.6 Å². The van der Waals surface area contributed by atoms with Crippen molar-refractivity contribution in [2.24, 2.45) is 0 Å². The summed E-state index contributed by atoms with van der Waals surface area (Å²) in [6.07, 6.45) is 0. The van der Waals surface area contributed by atoms with Crippen LogP contribution in [0.4, 0.5) is 0 Å². The predicted octanol–water partition coefficient (Wildman–Crippen LogP) is 1.16. The zero-order valence-electron chi connectivity index (χ0n) is 4.36. The molecule has 0 aliphatic heterocycles. The summed E-state index contributed by atoms with van der Waals surface area (Å²) in [5, 5.41) is -0.424. The molecule has 0 amide bonds. The molecule has 0 rings (SSSR count). The van der Waals surface area contributed by atoms with Gasteiger partial charge in [0.05, 0.1) is 6.61 Å². The first-order chi connectivity index (χ1) is 3.68.